The Labute approximate surface area is 158 Å². The van der Waals surface area contributed by atoms with Crippen LogP contribution in [0.15, 0.2) is 42.5 Å². The molecule has 0 N–H and O–H groups in total. The maximum Gasteiger partial charge on any atom is 0.243 e. The van der Waals surface area contributed by atoms with Crippen molar-refractivity contribution in [2.45, 2.75) is 19.5 Å². The van der Waals surface area contributed by atoms with E-state index < -0.39 is 0 Å². The lowest BCUT2D eigenvalue weighted by atomic mass is 10.2. The number of nitrogens with zero attached hydrogens (tertiary/aromatic N) is 3. The van der Waals surface area contributed by atoms with E-state index in [0.29, 0.717) is 0 Å². The maximum atomic E-state index is 12.8. The van der Waals surface area contributed by atoms with Crippen LogP contribution in [-0.4, -0.2) is 55.0 Å². The molecule has 0 spiro atoms. The Morgan fingerprint density at radius 3 is 2.44 bits per heavy atom. The minimum atomic E-state index is -0.108. The number of piperazine rings is 1. The van der Waals surface area contributed by atoms with E-state index in [0.717, 1.165) is 42.7 Å². The number of carbonyl (C=O) groups excluding carboxylic acids is 1. The number of hydrogen-bond acceptors (Lipinski definition) is 4. The Morgan fingerprint density at radius 1 is 1.16 bits per heavy atom. The molecule has 1 fully saturated rings. The number of amides is 1. The van der Waals surface area contributed by atoms with Crippen LogP contribution in [-0.2, 0) is 11.3 Å². The number of rotatable bonds is 5. The predicted octanol–water partition coefficient (Wildman–Crippen LogP) is 3.57. The number of benzene rings is 1. The van der Waals surface area contributed by atoms with Gasteiger partial charge in [0.2, 0.25) is 5.91 Å². The first-order valence-corrected chi connectivity index (χ1v) is 9.77. The van der Waals surface area contributed by atoms with Crippen molar-refractivity contribution in [2.75, 3.05) is 38.1 Å². The zero-order valence-electron chi connectivity index (χ0n) is 14.7. The lowest BCUT2D eigenvalue weighted by molar-refractivity contribution is -0.123. The molecule has 1 aromatic heterocycles. The van der Waals surface area contributed by atoms with Crippen LogP contribution in [0.2, 0.25) is 4.34 Å². The van der Waals surface area contributed by atoms with Gasteiger partial charge in [0.1, 0.15) is 0 Å². The number of carbonyl (C=O) groups is 1. The highest BCUT2D eigenvalue weighted by atomic mass is 35.5. The fourth-order valence-corrected chi connectivity index (χ4v) is 4.31. The number of hydrogen-bond donors (Lipinski definition) is 0. The number of halogens is 1. The third-order valence-electron chi connectivity index (χ3n) is 4.79. The predicted molar refractivity (Wildman–Crippen MR) is 105 cm³/mol. The van der Waals surface area contributed by atoms with E-state index in [2.05, 4.69) is 15.9 Å². The second kappa shape index (κ2) is 8.32. The van der Waals surface area contributed by atoms with Crippen LogP contribution in [0.5, 0.6) is 0 Å². The van der Waals surface area contributed by atoms with E-state index in [1.54, 1.807) is 16.2 Å². The highest BCUT2D eigenvalue weighted by Crippen LogP contribution is 2.23. The van der Waals surface area contributed by atoms with Crippen LogP contribution in [0.4, 0.5) is 5.69 Å². The van der Waals surface area contributed by atoms with Gasteiger partial charge in [0.15, 0.2) is 0 Å². The average Bonchev–Trinajstić information content (AvgIpc) is 3.06. The van der Waals surface area contributed by atoms with Crippen molar-refractivity contribution in [1.82, 2.24) is 9.80 Å². The summed E-state index contributed by atoms with van der Waals surface area (Å²) in [5.41, 5.74) is 0.938. The smallest absolute Gasteiger partial charge is 0.243 e. The Bertz CT molecular complexity index is 698. The summed E-state index contributed by atoms with van der Waals surface area (Å²) in [5, 5.41) is 0. The van der Waals surface area contributed by atoms with E-state index >= 15 is 0 Å². The standard InChI is InChI=1S/C19H24ClN3OS/c1-15(19(24)21(2)16-6-4-3-5-7-16)23-12-10-22(11-13-23)14-17-8-9-18(20)25-17/h3-9,15H,10-14H2,1-2H3/t15-/m0/s1. The Morgan fingerprint density at radius 2 is 1.84 bits per heavy atom. The van der Waals surface area contributed by atoms with Crippen molar-refractivity contribution >= 4 is 34.5 Å². The number of likely N-dealkylation sites (N-methyl/N-ethyl adjacent to an activating group) is 1. The minimum Gasteiger partial charge on any atom is -0.314 e. The fourth-order valence-electron chi connectivity index (χ4n) is 3.18. The van der Waals surface area contributed by atoms with Crippen molar-refractivity contribution in [2.24, 2.45) is 0 Å². The number of thiophene rings is 1. The summed E-state index contributed by atoms with van der Waals surface area (Å²) in [4.78, 5) is 20.5. The summed E-state index contributed by atoms with van der Waals surface area (Å²) in [7, 11) is 1.85. The first kappa shape index (κ1) is 18.4. The SMILES string of the molecule is C[C@@H](C(=O)N(C)c1ccccc1)N1CCN(Cc2ccc(Cl)s2)CC1. The molecule has 134 valence electrons. The topological polar surface area (TPSA) is 26.8 Å². The molecule has 3 rings (SSSR count). The van der Waals surface area contributed by atoms with Crippen LogP contribution < -0.4 is 4.90 Å². The first-order chi connectivity index (χ1) is 12.0. The van der Waals surface area contributed by atoms with Crippen molar-refractivity contribution in [3.63, 3.8) is 0 Å². The second-order valence-corrected chi connectivity index (χ2v) is 8.23. The molecule has 4 nitrogen and oxygen atoms in total. The van der Waals surface area contributed by atoms with Crippen LogP contribution in [0.1, 0.15) is 11.8 Å². The molecule has 1 aromatic carbocycles. The number of para-hydroxylation sites is 1. The van der Waals surface area contributed by atoms with E-state index in [1.165, 1.54) is 4.88 Å². The molecule has 2 heterocycles. The maximum absolute atomic E-state index is 12.8. The number of anilines is 1. The van der Waals surface area contributed by atoms with Gasteiger partial charge in [-0.25, -0.2) is 0 Å². The molecule has 1 aliphatic heterocycles. The summed E-state index contributed by atoms with van der Waals surface area (Å²) >= 11 is 7.65. The molecular formula is C19H24ClN3OS. The summed E-state index contributed by atoms with van der Waals surface area (Å²) in [6.07, 6.45) is 0. The van der Waals surface area contributed by atoms with Gasteiger partial charge in [0, 0.05) is 50.3 Å². The molecule has 0 radical (unpaired) electrons. The lowest BCUT2D eigenvalue weighted by Gasteiger charge is -2.38. The molecule has 1 saturated heterocycles. The van der Waals surface area contributed by atoms with Crippen LogP contribution in [0, 0.1) is 0 Å². The molecule has 1 atom stereocenters. The molecule has 6 heteroatoms. The average molecular weight is 378 g/mol. The highest BCUT2D eigenvalue weighted by molar-refractivity contribution is 7.16. The van der Waals surface area contributed by atoms with Crippen molar-refractivity contribution < 1.29 is 4.79 Å². The molecular weight excluding hydrogens is 354 g/mol. The molecule has 2 aromatic rings. The molecule has 0 bridgehead atoms. The fraction of sp³-hybridized carbons (Fsp3) is 0.421. The van der Waals surface area contributed by atoms with Crippen LogP contribution in [0.3, 0.4) is 0 Å². The molecule has 0 aliphatic carbocycles. The van der Waals surface area contributed by atoms with E-state index in [4.69, 9.17) is 11.6 Å². The van der Waals surface area contributed by atoms with Gasteiger partial charge < -0.3 is 4.90 Å². The van der Waals surface area contributed by atoms with Crippen molar-refractivity contribution in [1.29, 1.82) is 0 Å². The first-order valence-electron chi connectivity index (χ1n) is 8.58. The van der Waals surface area contributed by atoms with Gasteiger partial charge in [-0.3, -0.25) is 14.6 Å². The Hall–Kier alpha value is -1.40. The summed E-state index contributed by atoms with van der Waals surface area (Å²) in [5.74, 6) is 0.143. The zero-order chi connectivity index (χ0) is 17.8. The quantitative estimate of drug-likeness (QED) is 0.797. The third kappa shape index (κ3) is 4.61. The minimum absolute atomic E-state index is 0.108. The Balaban J connectivity index is 1.52. The highest BCUT2D eigenvalue weighted by Gasteiger charge is 2.28. The van der Waals surface area contributed by atoms with Gasteiger partial charge in [0.25, 0.3) is 0 Å². The van der Waals surface area contributed by atoms with E-state index in [1.807, 2.05) is 50.4 Å². The van der Waals surface area contributed by atoms with Gasteiger partial charge >= 0.3 is 0 Å². The van der Waals surface area contributed by atoms with Crippen LogP contribution in [0.25, 0.3) is 0 Å². The normalized spacial score (nSPS) is 17.4. The lowest BCUT2D eigenvalue weighted by Crippen LogP contribution is -2.53. The Kier molecular flexibility index (Phi) is 6.12. The zero-order valence-corrected chi connectivity index (χ0v) is 16.3. The van der Waals surface area contributed by atoms with Crippen molar-refractivity contribution in [3.05, 3.63) is 51.7 Å². The molecule has 25 heavy (non-hydrogen) atoms. The van der Waals surface area contributed by atoms with Crippen molar-refractivity contribution in [3.8, 4) is 0 Å². The second-order valence-electron chi connectivity index (χ2n) is 6.43. The third-order valence-corrected chi connectivity index (χ3v) is 6.01. The summed E-state index contributed by atoms with van der Waals surface area (Å²) in [6.45, 7) is 6.72. The van der Waals surface area contributed by atoms with Gasteiger partial charge in [-0.1, -0.05) is 29.8 Å². The van der Waals surface area contributed by atoms with E-state index in [9.17, 15) is 4.79 Å². The molecule has 1 amide bonds. The monoisotopic (exact) mass is 377 g/mol. The summed E-state index contributed by atoms with van der Waals surface area (Å²) < 4.78 is 0.844. The van der Waals surface area contributed by atoms with Gasteiger partial charge in [-0.05, 0) is 31.2 Å². The molecule has 0 unspecified atom stereocenters. The van der Waals surface area contributed by atoms with Gasteiger partial charge in [-0.15, -0.1) is 11.3 Å². The molecule has 0 saturated carbocycles. The van der Waals surface area contributed by atoms with Gasteiger partial charge in [0.05, 0.1) is 10.4 Å². The van der Waals surface area contributed by atoms with Crippen LogP contribution >= 0.6 is 22.9 Å². The van der Waals surface area contributed by atoms with E-state index in [-0.39, 0.29) is 11.9 Å². The largest absolute Gasteiger partial charge is 0.314 e. The molecule has 1 aliphatic rings. The summed E-state index contributed by atoms with van der Waals surface area (Å²) in [6, 6.07) is 13.8. The van der Waals surface area contributed by atoms with Gasteiger partial charge in [-0.2, -0.15) is 0 Å².